The van der Waals surface area contributed by atoms with E-state index in [0.717, 1.165) is 89.4 Å². The number of hydrogen-bond donors (Lipinski definition) is 2. The number of aromatic nitrogens is 4. The van der Waals surface area contributed by atoms with Gasteiger partial charge in [-0.3, -0.25) is 0 Å². The van der Waals surface area contributed by atoms with Gasteiger partial charge in [0.25, 0.3) is 0 Å². The number of nitrogens with zero attached hydrogens (tertiary/aromatic N) is 2. The summed E-state index contributed by atoms with van der Waals surface area (Å²) in [5, 5.41) is 0. The first-order chi connectivity index (χ1) is 31.4. The Balaban J connectivity index is 1.43. The minimum atomic E-state index is -1.55. The van der Waals surface area contributed by atoms with Crippen molar-refractivity contribution in [2.24, 2.45) is 0 Å². The standard InChI is InChI=1S/C60H58N4Si2/c1-37-33-39(3)55(40(4)34-37)59-51-25-21-47(61-51)57(45-17-13-43(14-18-45)29-31-65(7,8)9)49-23-27-53(63-49)60(56-41(5)35-38(2)36-42(56)6)54-28-24-50(64-54)58(48-22-26-52(59)62-48)46-19-15-44(16-20-46)30-32-66(10,11)12/h13-28,33-36,61,64H,1-12H3. The number of fused-ring (bicyclic) bond motifs is 8. The second-order valence-corrected chi connectivity index (χ2v) is 29.7. The van der Waals surface area contributed by atoms with Crippen LogP contribution in [0.5, 0.6) is 0 Å². The van der Waals surface area contributed by atoms with Crippen molar-refractivity contribution in [3.05, 3.63) is 164 Å². The second kappa shape index (κ2) is 17.1. The predicted octanol–water partition coefficient (Wildman–Crippen LogP) is 15.6. The molecule has 4 nitrogen and oxygen atoms in total. The van der Waals surface area contributed by atoms with Gasteiger partial charge in [-0.2, -0.15) is 0 Å². The summed E-state index contributed by atoms with van der Waals surface area (Å²) >= 11 is 0. The molecule has 0 atom stereocenters. The van der Waals surface area contributed by atoms with E-state index in [9.17, 15) is 0 Å². The zero-order valence-electron chi connectivity index (χ0n) is 40.4. The van der Waals surface area contributed by atoms with Crippen molar-refractivity contribution in [1.82, 2.24) is 19.9 Å². The topological polar surface area (TPSA) is 57.4 Å². The fraction of sp³-hybridized carbons (Fsp3) is 0.200. The van der Waals surface area contributed by atoms with Gasteiger partial charge in [0.15, 0.2) is 0 Å². The summed E-state index contributed by atoms with van der Waals surface area (Å²) in [7, 11) is -3.10. The Labute approximate surface area is 393 Å². The van der Waals surface area contributed by atoms with Gasteiger partial charge in [-0.1, -0.05) is 111 Å². The number of H-pyrrole nitrogens is 2. The van der Waals surface area contributed by atoms with Gasteiger partial charge in [-0.15, -0.1) is 11.1 Å². The Morgan fingerprint density at radius 1 is 0.364 bits per heavy atom. The van der Waals surface area contributed by atoms with Gasteiger partial charge in [-0.05, 0) is 159 Å². The lowest BCUT2D eigenvalue weighted by Gasteiger charge is -2.13. The second-order valence-electron chi connectivity index (χ2n) is 20.2. The molecule has 2 aliphatic rings. The Kier molecular flexibility index (Phi) is 11.5. The molecule has 326 valence electrons. The third-order valence-corrected chi connectivity index (χ3v) is 13.9. The average Bonchev–Trinajstić information content (AvgIpc) is 4.09. The summed E-state index contributed by atoms with van der Waals surface area (Å²) in [4.78, 5) is 19.1. The van der Waals surface area contributed by atoms with Gasteiger partial charge < -0.3 is 9.97 Å². The third kappa shape index (κ3) is 9.00. The van der Waals surface area contributed by atoms with E-state index in [1.54, 1.807) is 0 Å². The predicted molar refractivity (Wildman–Crippen MR) is 289 cm³/mol. The normalized spacial score (nSPS) is 12.2. The van der Waals surface area contributed by atoms with Crippen LogP contribution in [0, 0.1) is 64.5 Å². The van der Waals surface area contributed by atoms with E-state index >= 15 is 0 Å². The minimum absolute atomic E-state index is 0.890. The van der Waals surface area contributed by atoms with Gasteiger partial charge in [0.2, 0.25) is 0 Å². The van der Waals surface area contributed by atoms with Crippen molar-refractivity contribution in [3.8, 4) is 67.4 Å². The lowest BCUT2D eigenvalue weighted by atomic mass is 9.92. The van der Waals surface area contributed by atoms with Crippen LogP contribution in [0.15, 0.2) is 97.1 Å². The summed E-state index contributed by atoms with van der Waals surface area (Å²) in [6.45, 7) is 26.9. The van der Waals surface area contributed by atoms with Crippen LogP contribution in [-0.4, -0.2) is 36.1 Å². The molecule has 9 rings (SSSR count). The lowest BCUT2D eigenvalue weighted by Crippen LogP contribution is -2.16. The van der Waals surface area contributed by atoms with Crippen LogP contribution in [0.4, 0.5) is 0 Å². The van der Waals surface area contributed by atoms with Crippen molar-refractivity contribution in [2.45, 2.75) is 80.8 Å². The summed E-state index contributed by atoms with van der Waals surface area (Å²) in [6.07, 6.45) is 8.73. The van der Waals surface area contributed by atoms with E-state index < -0.39 is 16.1 Å². The molecular weight excluding hydrogens is 833 g/mol. The van der Waals surface area contributed by atoms with Crippen LogP contribution in [0.3, 0.4) is 0 Å². The molecule has 7 aromatic rings. The summed E-state index contributed by atoms with van der Waals surface area (Å²) < 4.78 is 0. The molecule has 5 heterocycles. The van der Waals surface area contributed by atoms with E-state index in [1.165, 1.54) is 44.5 Å². The highest BCUT2D eigenvalue weighted by atomic mass is 28.3. The minimum Gasteiger partial charge on any atom is -0.354 e. The molecule has 0 radical (unpaired) electrons. The molecule has 0 saturated carbocycles. The van der Waals surface area contributed by atoms with Crippen LogP contribution in [0.1, 0.15) is 67.3 Å². The van der Waals surface area contributed by atoms with Gasteiger partial charge in [0, 0.05) is 55.4 Å². The van der Waals surface area contributed by atoms with Crippen molar-refractivity contribution in [2.75, 3.05) is 0 Å². The first-order valence-corrected chi connectivity index (χ1v) is 30.0. The van der Waals surface area contributed by atoms with E-state index in [4.69, 9.17) is 9.97 Å². The summed E-state index contributed by atoms with van der Waals surface area (Å²) in [5.41, 5.74) is 32.6. The molecule has 3 aromatic heterocycles. The highest BCUT2D eigenvalue weighted by Crippen LogP contribution is 2.41. The number of rotatable bonds is 4. The molecule has 2 N–H and O–H groups in total. The van der Waals surface area contributed by atoms with Crippen LogP contribution in [-0.2, 0) is 0 Å². The number of aromatic amines is 2. The molecule has 8 bridgehead atoms. The van der Waals surface area contributed by atoms with Crippen molar-refractivity contribution in [3.63, 3.8) is 0 Å². The van der Waals surface area contributed by atoms with E-state index in [2.05, 4.69) is 235 Å². The van der Waals surface area contributed by atoms with Crippen molar-refractivity contribution >= 4 is 62.5 Å². The largest absolute Gasteiger partial charge is 0.354 e. The zero-order chi connectivity index (χ0) is 46.7. The van der Waals surface area contributed by atoms with Crippen molar-refractivity contribution < 1.29 is 0 Å². The van der Waals surface area contributed by atoms with Crippen LogP contribution in [0.2, 0.25) is 39.3 Å². The van der Waals surface area contributed by atoms with Crippen LogP contribution >= 0.6 is 0 Å². The molecule has 0 amide bonds. The first kappa shape index (κ1) is 44.2. The highest BCUT2D eigenvalue weighted by Gasteiger charge is 2.22. The van der Waals surface area contributed by atoms with E-state index in [1.807, 2.05) is 0 Å². The molecule has 66 heavy (non-hydrogen) atoms. The third-order valence-electron chi connectivity index (χ3n) is 12.1. The molecule has 2 aliphatic heterocycles. The Hall–Kier alpha value is -6.97. The smallest absolute Gasteiger partial charge is 0.129 e. The molecule has 0 aliphatic carbocycles. The summed E-state index contributed by atoms with van der Waals surface area (Å²) in [6, 6.07) is 35.3. The maximum Gasteiger partial charge on any atom is 0.129 e. The van der Waals surface area contributed by atoms with E-state index in [-0.39, 0.29) is 0 Å². The molecule has 0 unspecified atom stereocenters. The Morgan fingerprint density at radius 3 is 0.955 bits per heavy atom. The van der Waals surface area contributed by atoms with Gasteiger partial charge in [-0.25, -0.2) is 9.97 Å². The number of aryl methyl sites for hydroxylation is 6. The average molecular weight is 891 g/mol. The maximum atomic E-state index is 5.59. The van der Waals surface area contributed by atoms with Gasteiger partial charge in [0.05, 0.1) is 22.8 Å². The quantitative estimate of drug-likeness (QED) is 0.137. The van der Waals surface area contributed by atoms with Gasteiger partial charge >= 0.3 is 0 Å². The Bertz CT molecular complexity index is 3200. The Morgan fingerprint density at radius 2 is 0.652 bits per heavy atom. The number of benzene rings is 4. The molecule has 6 heteroatoms. The SMILES string of the molecule is Cc1cc(C)c(-c2c3nc(c(-c4ccc(C#C[Si](C)(C)C)cc4)c4ccc([nH]4)c(-c4c(C)cc(C)cc4C)c4nc(c(-c5ccc(C#C[Si](C)(C)C)cc5)c5ccc2[nH]5)C=C4)C=C3)c(C)c1. The molecular formula is C60H58N4Si2. The highest BCUT2D eigenvalue weighted by molar-refractivity contribution is 6.84. The zero-order valence-corrected chi connectivity index (χ0v) is 42.4. The van der Waals surface area contributed by atoms with Gasteiger partial charge in [0.1, 0.15) is 16.1 Å². The van der Waals surface area contributed by atoms with E-state index in [0.29, 0.717) is 0 Å². The van der Waals surface area contributed by atoms with Crippen LogP contribution in [0.25, 0.3) is 90.9 Å². The van der Waals surface area contributed by atoms with Crippen LogP contribution < -0.4 is 0 Å². The fourth-order valence-electron chi connectivity index (χ4n) is 9.45. The first-order valence-electron chi connectivity index (χ1n) is 23.0. The summed E-state index contributed by atoms with van der Waals surface area (Å²) in [5.74, 6) is 6.91. The fourth-order valence-corrected chi connectivity index (χ4v) is 10.5. The molecule has 0 fully saturated rings. The number of nitrogens with one attached hydrogen (secondary N) is 2. The molecule has 0 saturated heterocycles. The monoisotopic (exact) mass is 890 g/mol. The molecule has 4 aromatic carbocycles. The molecule has 0 spiro atoms. The lowest BCUT2D eigenvalue weighted by molar-refractivity contribution is 1.28. The number of hydrogen-bond acceptors (Lipinski definition) is 2. The maximum absolute atomic E-state index is 5.59. The van der Waals surface area contributed by atoms with Crippen molar-refractivity contribution in [1.29, 1.82) is 0 Å².